The Bertz CT molecular complexity index is 1030. The van der Waals surface area contributed by atoms with Crippen molar-refractivity contribution >= 4 is 0 Å². The molecule has 2 aromatic carbocycles. The Hall–Kier alpha value is -3.14. The molecule has 4 heteroatoms. The molecule has 29 heavy (non-hydrogen) atoms. The van der Waals surface area contributed by atoms with E-state index in [1.54, 1.807) is 12.7 Å². The highest BCUT2D eigenvalue weighted by atomic mass is 14.9. The van der Waals surface area contributed by atoms with Crippen molar-refractivity contribution in [2.24, 2.45) is 0 Å². The molecule has 0 amide bonds. The molecule has 0 fully saturated rings. The Balaban J connectivity index is 0.000000166. The number of nitrogens with zero attached hydrogens (tertiary/aromatic N) is 2. The quantitative estimate of drug-likeness (QED) is 0.466. The molecule has 0 spiro atoms. The molecule has 4 aromatic rings. The molecule has 0 aliphatic heterocycles. The summed E-state index contributed by atoms with van der Waals surface area (Å²) in [6, 6.07) is 12.9. The number of aromatic amines is 2. The van der Waals surface area contributed by atoms with E-state index >= 15 is 0 Å². The molecule has 2 aromatic heterocycles. The van der Waals surface area contributed by atoms with E-state index in [1.807, 2.05) is 12.4 Å². The highest BCUT2D eigenvalue weighted by Crippen LogP contribution is 2.26. The second-order valence-corrected chi connectivity index (χ2v) is 7.63. The first kappa shape index (κ1) is 20.6. The topological polar surface area (TPSA) is 57.4 Å². The van der Waals surface area contributed by atoms with Crippen LogP contribution in [0.1, 0.15) is 57.6 Å². The predicted octanol–water partition coefficient (Wildman–Crippen LogP) is 5.80. The predicted molar refractivity (Wildman–Crippen MR) is 119 cm³/mol. The highest BCUT2D eigenvalue weighted by Gasteiger charge is 2.12. The van der Waals surface area contributed by atoms with Crippen LogP contribution in [-0.2, 0) is 6.42 Å². The molecule has 1 atom stereocenters. The molecule has 4 nitrogen and oxygen atoms in total. The maximum absolute atomic E-state index is 4.07. The van der Waals surface area contributed by atoms with E-state index < -0.39 is 0 Å². The molecule has 0 bridgehead atoms. The van der Waals surface area contributed by atoms with Crippen LogP contribution in [0, 0.1) is 27.7 Å². The van der Waals surface area contributed by atoms with Gasteiger partial charge in [0.05, 0.1) is 12.7 Å². The summed E-state index contributed by atoms with van der Waals surface area (Å²) in [6.07, 6.45) is 8.17. The van der Waals surface area contributed by atoms with Gasteiger partial charge in [-0.2, -0.15) is 0 Å². The lowest BCUT2D eigenvalue weighted by Crippen LogP contribution is -2.00. The molecule has 150 valence electrons. The van der Waals surface area contributed by atoms with Gasteiger partial charge >= 0.3 is 0 Å². The SMILES string of the molecule is Cc1cccc(Cc2cnc[nH]2)c1C.Cc1cccc([C@H](C)c2cnc[nH]2)c1C. The van der Waals surface area contributed by atoms with Crippen LogP contribution in [0.25, 0.3) is 0 Å². The molecule has 2 N–H and O–H groups in total. The van der Waals surface area contributed by atoms with Gasteiger partial charge in [0.15, 0.2) is 0 Å². The largest absolute Gasteiger partial charge is 0.348 e. The number of imidazole rings is 2. The van der Waals surface area contributed by atoms with Crippen LogP contribution in [0.4, 0.5) is 0 Å². The third-order valence-corrected chi connectivity index (χ3v) is 5.75. The highest BCUT2D eigenvalue weighted by molar-refractivity contribution is 5.38. The van der Waals surface area contributed by atoms with Crippen LogP contribution < -0.4 is 0 Å². The van der Waals surface area contributed by atoms with E-state index in [0.29, 0.717) is 5.92 Å². The standard InChI is InChI=1S/C13H16N2.C12H14N2/c1-9-5-4-6-12(10(9)2)11(3)13-7-14-8-15-13;1-9-4-3-5-11(10(9)2)6-12-7-13-8-14-12/h4-8,11H,1-3H3,(H,14,15);3-5,7-8H,6H2,1-2H3,(H,13,14)/t11-;/m0./s1. The van der Waals surface area contributed by atoms with Crippen LogP contribution in [-0.4, -0.2) is 19.9 Å². The minimum Gasteiger partial charge on any atom is -0.348 e. The van der Waals surface area contributed by atoms with Gasteiger partial charge in [-0.3, -0.25) is 0 Å². The Kier molecular flexibility index (Phi) is 6.65. The monoisotopic (exact) mass is 386 g/mol. The third-order valence-electron chi connectivity index (χ3n) is 5.75. The molecule has 0 unspecified atom stereocenters. The van der Waals surface area contributed by atoms with Crippen LogP contribution in [0.3, 0.4) is 0 Å². The number of H-pyrrole nitrogens is 2. The molecule has 2 heterocycles. The van der Waals surface area contributed by atoms with E-state index in [-0.39, 0.29) is 0 Å². The van der Waals surface area contributed by atoms with Crippen LogP contribution >= 0.6 is 0 Å². The van der Waals surface area contributed by atoms with Crippen molar-refractivity contribution in [2.45, 2.75) is 47.0 Å². The fraction of sp³-hybridized carbons (Fsp3) is 0.280. The van der Waals surface area contributed by atoms with Gasteiger partial charge in [0.1, 0.15) is 0 Å². The Morgan fingerprint density at radius 2 is 1.45 bits per heavy atom. The second kappa shape index (κ2) is 9.37. The first-order chi connectivity index (χ1) is 14.0. The fourth-order valence-electron chi connectivity index (χ4n) is 3.50. The average molecular weight is 387 g/mol. The van der Waals surface area contributed by atoms with Crippen molar-refractivity contribution in [1.82, 2.24) is 19.9 Å². The second-order valence-electron chi connectivity index (χ2n) is 7.63. The smallest absolute Gasteiger partial charge is 0.0921 e. The summed E-state index contributed by atoms with van der Waals surface area (Å²) in [5.74, 6) is 0.382. The summed E-state index contributed by atoms with van der Waals surface area (Å²) in [5, 5.41) is 0. The van der Waals surface area contributed by atoms with E-state index in [1.165, 1.54) is 44.8 Å². The number of hydrogen-bond acceptors (Lipinski definition) is 2. The normalized spacial score (nSPS) is 11.6. The van der Waals surface area contributed by atoms with Crippen LogP contribution in [0.5, 0.6) is 0 Å². The summed E-state index contributed by atoms with van der Waals surface area (Å²) in [5.41, 5.74) is 10.5. The Labute approximate surface area is 173 Å². The molecule has 0 saturated heterocycles. The summed E-state index contributed by atoms with van der Waals surface area (Å²) in [6.45, 7) is 10.8. The van der Waals surface area contributed by atoms with Crippen molar-refractivity contribution in [3.63, 3.8) is 0 Å². The average Bonchev–Trinajstić information content (AvgIpc) is 3.42. The maximum Gasteiger partial charge on any atom is 0.0921 e. The van der Waals surface area contributed by atoms with Crippen molar-refractivity contribution in [2.75, 3.05) is 0 Å². The molecular formula is C25H30N4. The minimum atomic E-state index is 0.382. The van der Waals surface area contributed by atoms with Crippen molar-refractivity contribution in [3.8, 4) is 0 Å². The summed E-state index contributed by atoms with van der Waals surface area (Å²) in [7, 11) is 0. The summed E-state index contributed by atoms with van der Waals surface area (Å²) < 4.78 is 0. The van der Waals surface area contributed by atoms with Gasteiger partial charge in [-0.1, -0.05) is 43.3 Å². The lowest BCUT2D eigenvalue weighted by molar-refractivity contribution is 0.871. The lowest BCUT2D eigenvalue weighted by atomic mass is 9.92. The first-order valence-corrected chi connectivity index (χ1v) is 10.0. The fourth-order valence-corrected chi connectivity index (χ4v) is 3.50. The van der Waals surface area contributed by atoms with Crippen LogP contribution in [0.15, 0.2) is 61.4 Å². The van der Waals surface area contributed by atoms with E-state index in [0.717, 1.165) is 6.42 Å². The first-order valence-electron chi connectivity index (χ1n) is 10.0. The van der Waals surface area contributed by atoms with Gasteiger partial charge in [-0.25, -0.2) is 9.97 Å². The van der Waals surface area contributed by atoms with Gasteiger partial charge in [0, 0.05) is 36.1 Å². The van der Waals surface area contributed by atoms with E-state index in [4.69, 9.17) is 0 Å². The van der Waals surface area contributed by atoms with Crippen molar-refractivity contribution in [1.29, 1.82) is 0 Å². The molecule has 0 aliphatic carbocycles. The third kappa shape index (κ3) is 5.02. The molecule has 4 rings (SSSR count). The van der Waals surface area contributed by atoms with Gasteiger partial charge in [-0.05, 0) is 61.1 Å². The zero-order chi connectivity index (χ0) is 20.8. The number of aromatic nitrogens is 4. The molecule has 0 aliphatic rings. The zero-order valence-corrected chi connectivity index (χ0v) is 18.0. The number of nitrogens with one attached hydrogen (secondary N) is 2. The Morgan fingerprint density at radius 1 is 0.793 bits per heavy atom. The van der Waals surface area contributed by atoms with Gasteiger partial charge in [-0.15, -0.1) is 0 Å². The zero-order valence-electron chi connectivity index (χ0n) is 18.0. The summed E-state index contributed by atoms with van der Waals surface area (Å²) >= 11 is 0. The number of aryl methyl sites for hydroxylation is 2. The molecule has 0 saturated carbocycles. The van der Waals surface area contributed by atoms with Crippen molar-refractivity contribution in [3.05, 3.63) is 106 Å². The number of rotatable bonds is 4. The van der Waals surface area contributed by atoms with Gasteiger partial charge in [0.25, 0.3) is 0 Å². The van der Waals surface area contributed by atoms with Gasteiger partial charge in [0.2, 0.25) is 0 Å². The maximum atomic E-state index is 4.07. The summed E-state index contributed by atoms with van der Waals surface area (Å²) in [4.78, 5) is 14.4. The lowest BCUT2D eigenvalue weighted by Gasteiger charge is -2.14. The number of hydrogen-bond donors (Lipinski definition) is 2. The number of benzene rings is 2. The molecular weight excluding hydrogens is 356 g/mol. The van der Waals surface area contributed by atoms with Gasteiger partial charge < -0.3 is 9.97 Å². The van der Waals surface area contributed by atoms with E-state index in [9.17, 15) is 0 Å². The molecule has 0 radical (unpaired) electrons. The van der Waals surface area contributed by atoms with Crippen LogP contribution in [0.2, 0.25) is 0 Å². The van der Waals surface area contributed by atoms with Crippen molar-refractivity contribution < 1.29 is 0 Å². The minimum absolute atomic E-state index is 0.382. The Morgan fingerprint density at radius 3 is 2.10 bits per heavy atom. The van der Waals surface area contributed by atoms with E-state index in [2.05, 4.69) is 91.0 Å².